The van der Waals surface area contributed by atoms with Crippen molar-refractivity contribution in [3.63, 3.8) is 0 Å². The van der Waals surface area contributed by atoms with E-state index in [0.29, 0.717) is 5.92 Å². The second-order valence-corrected chi connectivity index (χ2v) is 8.49. The summed E-state index contributed by atoms with van der Waals surface area (Å²) in [7, 11) is 1.68. The molecule has 1 aromatic heterocycles. The number of methoxy groups -OCH3 is 1. The number of pyridine rings is 1. The van der Waals surface area contributed by atoms with E-state index in [1.807, 2.05) is 44.7 Å². The van der Waals surface area contributed by atoms with Crippen molar-refractivity contribution in [2.75, 3.05) is 20.2 Å². The Morgan fingerprint density at radius 2 is 1.85 bits per heavy atom. The maximum atomic E-state index is 12.7. The largest absolute Gasteiger partial charge is 0.497 e. The van der Waals surface area contributed by atoms with E-state index in [1.165, 1.54) is 5.56 Å². The standard InChI is InChI=1S/C23H30N2O2/c1-16-13-19(17-8-10-20(27-5)11-9-17)14-21(24-16)18-7-6-12-25(15-18)22(26)23(2,3)4/h8-11,13-14,18H,6-7,12,15H2,1-5H3/t18-/m0/s1. The Balaban J connectivity index is 1.86. The first-order valence-corrected chi connectivity index (χ1v) is 9.70. The fraction of sp³-hybridized carbons (Fsp3) is 0.478. The molecule has 0 radical (unpaired) electrons. The van der Waals surface area contributed by atoms with Gasteiger partial charge in [-0.25, -0.2) is 0 Å². The van der Waals surface area contributed by atoms with Crippen molar-refractivity contribution in [3.8, 4) is 16.9 Å². The maximum Gasteiger partial charge on any atom is 0.227 e. The van der Waals surface area contributed by atoms with Gasteiger partial charge in [-0.15, -0.1) is 0 Å². The molecular formula is C23H30N2O2. The fourth-order valence-corrected chi connectivity index (χ4v) is 3.73. The van der Waals surface area contributed by atoms with Crippen LogP contribution in [0.3, 0.4) is 0 Å². The zero-order valence-electron chi connectivity index (χ0n) is 17.1. The van der Waals surface area contributed by atoms with Gasteiger partial charge >= 0.3 is 0 Å². The van der Waals surface area contributed by atoms with Gasteiger partial charge in [-0.1, -0.05) is 32.9 Å². The van der Waals surface area contributed by atoms with Gasteiger partial charge in [-0.05, 0) is 55.2 Å². The molecule has 1 amide bonds. The molecule has 0 spiro atoms. The lowest BCUT2D eigenvalue weighted by Crippen LogP contribution is -2.44. The SMILES string of the molecule is COc1ccc(-c2cc(C)nc([C@H]3CCCN(C(=O)C(C)(C)C)C3)c2)cc1. The van der Waals surface area contributed by atoms with Crippen LogP contribution in [-0.2, 0) is 4.79 Å². The molecule has 1 aromatic carbocycles. The minimum atomic E-state index is -0.337. The second-order valence-electron chi connectivity index (χ2n) is 8.49. The van der Waals surface area contributed by atoms with Crippen molar-refractivity contribution >= 4 is 5.91 Å². The highest BCUT2D eigenvalue weighted by Crippen LogP contribution is 2.31. The van der Waals surface area contributed by atoms with Crippen molar-refractivity contribution in [2.45, 2.75) is 46.5 Å². The number of hydrogen-bond acceptors (Lipinski definition) is 3. The summed E-state index contributed by atoms with van der Waals surface area (Å²) < 4.78 is 5.26. The lowest BCUT2D eigenvalue weighted by molar-refractivity contribution is -0.140. The van der Waals surface area contributed by atoms with Crippen molar-refractivity contribution in [1.29, 1.82) is 0 Å². The zero-order chi connectivity index (χ0) is 19.6. The van der Waals surface area contributed by atoms with Crippen LogP contribution in [0.4, 0.5) is 0 Å². The number of carbonyl (C=O) groups is 1. The number of benzene rings is 1. The highest BCUT2D eigenvalue weighted by molar-refractivity contribution is 5.81. The molecule has 4 heteroatoms. The van der Waals surface area contributed by atoms with E-state index < -0.39 is 0 Å². The molecule has 1 aliphatic rings. The predicted molar refractivity (Wildman–Crippen MR) is 109 cm³/mol. The number of carbonyl (C=O) groups excluding carboxylic acids is 1. The molecule has 0 saturated carbocycles. The number of rotatable bonds is 3. The van der Waals surface area contributed by atoms with Gasteiger partial charge in [0, 0.05) is 35.8 Å². The molecule has 2 heterocycles. The molecule has 1 fully saturated rings. The Morgan fingerprint density at radius 3 is 2.48 bits per heavy atom. The molecule has 0 bridgehead atoms. The molecule has 0 N–H and O–H groups in total. The van der Waals surface area contributed by atoms with E-state index in [2.05, 4.69) is 24.3 Å². The first kappa shape index (κ1) is 19.4. The Hall–Kier alpha value is -2.36. The summed E-state index contributed by atoms with van der Waals surface area (Å²) in [5.74, 6) is 1.38. The van der Waals surface area contributed by atoms with Gasteiger partial charge in [0.05, 0.1) is 7.11 Å². The third-order valence-electron chi connectivity index (χ3n) is 5.17. The topological polar surface area (TPSA) is 42.4 Å². The number of ether oxygens (including phenoxy) is 1. The third kappa shape index (κ3) is 4.49. The van der Waals surface area contributed by atoms with Crippen LogP contribution in [-0.4, -0.2) is 36.0 Å². The summed E-state index contributed by atoms with van der Waals surface area (Å²) in [5, 5.41) is 0. The predicted octanol–water partition coefficient (Wildman–Crippen LogP) is 4.82. The van der Waals surface area contributed by atoms with E-state index in [9.17, 15) is 4.79 Å². The molecular weight excluding hydrogens is 336 g/mol. The number of likely N-dealkylation sites (tertiary alicyclic amines) is 1. The van der Waals surface area contributed by atoms with Gasteiger partial charge in [0.25, 0.3) is 0 Å². The normalized spacial score (nSPS) is 17.7. The van der Waals surface area contributed by atoms with Crippen LogP contribution in [0.15, 0.2) is 36.4 Å². The Kier molecular flexibility index (Phi) is 5.54. The number of hydrogen-bond donors (Lipinski definition) is 0. The molecule has 1 atom stereocenters. The third-order valence-corrected chi connectivity index (χ3v) is 5.17. The van der Waals surface area contributed by atoms with Crippen LogP contribution >= 0.6 is 0 Å². The van der Waals surface area contributed by atoms with E-state index in [-0.39, 0.29) is 11.3 Å². The molecule has 1 saturated heterocycles. The van der Waals surface area contributed by atoms with Crippen LogP contribution in [0.1, 0.15) is 50.9 Å². The number of piperidine rings is 1. The minimum absolute atomic E-state index is 0.232. The smallest absolute Gasteiger partial charge is 0.227 e. The highest BCUT2D eigenvalue weighted by atomic mass is 16.5. The first-order valence-electron chi connectivity index (χ1n) is 9.70. The number of aromatic nitrogens is 1. The summed E-state index contributed by atoms with van der Waals surface area (Å²) in [6.07, 6.45) is 2.10. The van der Waals surface area contributed by atoms with E-state index in [4.69, 9.17) is 9.72 Å². The van der Waals surface area contributed by atoms with Gasteiger partial charge in [0.15, 0.2) is 0 Å². The Morgan fingerprint density at radius 1 is 1.15 bits per heavy atom. The van der Waals surface area contributed by atoms with Crippen LogP contribution in [0.5, 0.6) is 5.75 Å². The monoisotopic (exact) mass is 366 g/mol. The average Bonchev–Trinajstić information content (AvgIpc) is 2.66. The summed E-state index contributed by atoms with van der Waals surface area (Å²) >= 11 is 0. The summed E-state index contributed by atoms with van der Waals surface area (Å²) in [6.45, 7) is 9.62. The summed E-state index contributed by atoms with van der Waals surface area (Å²) in [4.78, 5) is 19.5. The van der Waals surface area contributed by atoms with Crippen molar-refractivity contribution in [2.24, 2.45) is 5.41 Å². The van der Waals surface area contributed by atoms with Crippen LogP contribution in [0.25, 0.3) is 11.1 Å². The molecule has 1 aliphatic heterocycles. The number of amides is 1. The average molecular weight is 367 g/mol. The lowest BCUT2D eigenvalue weighted by atomic mass is 9.89. The van der Waals surface area contributed by atoms with E-state index >= 15 is 0 Å². The molecule has 0 aliphatic carbocycles. The van der Waals surface area contributed by atoms with Gasteiger partial charge in [0.2, 0.25) is 5.91 Å². The van der Waals surface area contributed by atoms with E-state index in [0.717, 1.165) is 48.6 Å². The molecule has 144 valence electrons. The first-order chi connectivity index (χ1) is 12.8. The molecule has 27 heavy (non-hydrogen) atoms. The van der Waals surface area contributed by atoms with Gasteiger partial charge in [-0.3, -0.25) is 9.78 Å². The molecule has 3 rings (SSSR count). The van der Waals surface area contributed by atoms with E-state index in [1.54, 1.807) is 7.11 Å². The van der Waals surface area contributed by atoms with Gasteiger partial charge < -0.3 is 9.64 Å². The number of aryl methyl sites for hydroxylation is 1. The molecule has 2 aromatic rings. The fourth-order valence-electron chi connectivity index (χ4n) is 3.73. The van der Waals surface area contributed by atoms with Gasteiger partial charge in [-0.2, -0.15) is 0 Å². The lowest BCUT2D eigenvalue weighted by Gasteiger charge is -2.36. The second kappa shape index (κ2) is 7.71. The van der Waals surface area contributed by atoms with Crippen LogP contribution < -0.4 is 4.74 Å². The van der Waals surface area contributed by atoms with Crippen molar-refractivity contribution in [3.05, 3.63) is 47.8 Å². The zero-order valence-corrected chi connectivity index (χ0v) is 17.1. The minimum Gasteiger partial charge on any atom is -0.497 e. The van der Waals surface area contributed by atoms with Gasteiger partial charge in [0.1, 0.15) is 5.75 Å². The maximum absolute atomic E-state index is 12.7. The summed E-state index contributed by atoms with van der Waals surface area (Å²) in [5.41, 5.74) is 4.08. The molecule has 4 nitrogen and oxygen atoms in total. The van der Waals surface area contributed by atoms with Crippen LogP contribution in [0.2, 0.25) is 0 Å². The van der Waals surface area contributed by atoms with Crippen LogP contribution in [0, 0.1) is 12.3 Å². The summed E-state index contributed by atoms with van der Waals surface area (Å²) in [6, 6.07) is 12.4. The number of nitrogens with zero attached hydrogens (tertiary/aromatic N) is 2. The quantitative estimate of drug-likeness (QED) is 0.782. The Labute approximate surface area is 162 Å². The Bertz CT molecular complexity index is 806. The molecule has 0 unspecified atom stereocenters. The van der Waals surface area contributed by atoms with Crippen molar-refractivity contribution in [1.82, 2.24) is 9.88 Å². The highest BCUT2D eigenvalue weighted by Gasteiger charge is 2.32. The van der Waals surface area contributed by atoms with Crippen molar-refractivity contribution < 1.29 is 9.53 Å².